The van der Waals surface area contributed by atoms with Crippen molar-refractivity contribution in [2.24, 2.45) is 0 Å². The van der Waals surface area contributed by atoms with Crippen molar-refractivity contribution < 1.29 is 0 Å². The number of rotatable bonds is 3. The van der Waals surface area contributed by atoms with Gasteiger partial charge in [0.1, 0.15) is 5.82 Å². The van der Waals surface area contributed by atoms with E-state index in [9.17, 15) is 0 Å². The molecule has 0 aliphatic heterocycles. The zero-order valence-corrected chi connectivity index (χ0v) is 13.7. The maximum Gasteiger partial charge on any atom is 0.148 e. The van der Waals surface area contributed by atoms with Crippen LogP contribution >= 0.6 is 22.9 Å². The molecule has 112 valence electrons. The summed E-state index contributed by atoms with van der Waals surface area (Å²) in [6.45, 7) is 0. The van der Waals surface area contributed by atoms with E-state index < -0.39 is 0 Å². The summed E-state index contributed by atoms with van der Waals surface area (Å²) in [6.07, 6.45) is 0. The summed E-state index contributed by atoms with van der Waals surface area (Å²) in [7, 11) is 0. The lowest BCUT2D eigenvalue weighted by Crippen LogP contribution is -1.83. The van der Waals surface area contributed by atoms with Crippen LogP contribution in [0.3, 0.4) is 0 Å². The maximum atomic E-state index is 6.16. The lowest BCUT2D eigenvalue weighted by molar-refractivity contribution is 1.33. The van der Waals surface area contributed by atoms with E-state index in [4.69, 9.17) is 16.6 Å². The number of thiophene rings is 1. The highest BCUT2D eigenvalue weighted by molar-refractivity contribution is 7.13. The van der Waals surface area contributed by atoms with Crippen molar-refractivity contribution in [2.75, 3.05) is 0 Å². The number of H-pyrrole nitrogens is 1. The van der Waals surface area contributed by atoms with E-state index in [1.807, 2.05) is 48.5 Å². The van der Waals surface area contributed by atoms with Crippen molar-refractivity contribution in [2.45, 2.75) is 0 Å². The lowest BCUT2D eigenvalue weighted by Gasteiger charge is -2.03. The van der Waals surface area contributed by atoms with Crippen molar-refractivity contribution in [3.8, 4) is 33.2 Å². The molecule has 0 aliphatic carbocycles. The summed E-state index contributed by atoms with van der Waals surface area (Å²) >= 11 is 7.84. The number of aromatic nitrogens is 2. The summed E-state index contributed by atoms with van der Waals surface area (Å²) in [4.78, 5) is 9.43. The van der Waals surface area contributed by atoms with Gasteiger partial charge in [-0.05, 0) is 23.6 Å². The fraction of sp³-hybridized carbons (Fsp3) is 0. The largest absolute Gasteiger partial charge is 0.337 e. The number of aromatic amines is 1. The molecule has 2 aromatic carbocycles. The Morgan fingerprint density at radius 1 is 0.870 bits per heavy atom. The third-order valence-electron chi connectivity index (χ3n) is 3.62. The molecule has 0 unspecified atom stereocenters. The van der Waals surface area contributed by atoms with Gasteiger partial charge in [0.2, 0.25) is 0 Å². The van der Waals surface area contributed by atoms with Gasteiger partial charge in [-0.25, -0.2) is 4.98 Å². The minimum atomic E-state index is 0.710. The molecular formula is C19H13ClN2S. The maximum absolute atomic E-state index is 6.16. The molecule has 23 heavy (non-hydrogen) atoms. The Kier molecular flexibility index (Phi) is 3.74. The number of hydrogen-bond donors (Lipinski definition) is 1. The molecule has 0 saturated carbocycles. The topological polar surface area (TPSA) is 28.7 Å². The molecule has 0 fully saturated rings. The first-order chi connectivity index (χ1) is 11.3. The summed E-state index contributed by atoms with van der Waals surface area (Å²) in [5, 5.41) is 2.77. The van der Waals surface area contributed by atoms with E-state index in [1.165, 1.54) is 0 Å². The van der Waals surface area contributed by atoms with Crippen LogP contribution in [0.4, 0.5) is 0 Å². The fourth-order valence-corrected chi connectivity index (χ4v) is 3.42. The van der Waals surface area contributed by atoms with Crippen LogP contribution in [0.25, 0.3) is 33.2 Å². The number of hydrogen-bond acceptors (Lipinski definition) is 2. The Balaban J connectivity index is 1.93. The number of benzene rings is 2. The second kappa shape index (κ2) is 6.03. The summed E-state index contributed by atoms with van der Waals surface area (Å²) in [6, 6.07) is 22.1. The molecule has 2 nitrogen and oxygen atoms in total. The van der Waals surface area contributed by atoms with E-state index >= 15 is 0 Å². The zero-order chi connectivity index (χ0) is 15.6. The average Bonchev–Trinajstić information content (AvgIpc) is 3.25. The quantitative estimate of drug-likeness (QED) is 0.479. The van der Waals surface area contributed by atoms with Crippen LogP contribution in [0.2, 0.25) is 5.02 Å². The summed E-state index contributed by atoms with van der Waals surface area (Å²) in [5.41, 5.74) is 4.05. The molecule has 4 aromatic rings. The van der Waals surface area contributed by atoms with Crippen molar-refractivity contribution in [1.29, 1.82) is 0 Å². The Hall–Kier alpha value is -2.36. The van der Waals surface area contributed by atoms with Gasteiger partial charge in [-0.3, -0.25) is 0 Å². The predicted octanol–water partition coefficient (Wildman–Crippen LogP) is 6.13. The smallest absolute Gasteiger partial charge is 0.148 e. The van der Waals surface area contributed by atoms with Crippen LogP contribution in [0.5, 0.6) is 0 Å². The van der Waals surface area contributed by atoms with Crippen LogP contribution in [-0.4, -0.2) is 9.97 Å². The van der Waals surface area contributed by atoms with E-state index in [2.05, 4.69) is 28.6 Å². The molecule has 4 heteroatoms. The summed E-state index contributed by atoms with van der Waals surface area (Å²) < 4.78 is 0. The summed E-state index contributed by atoms with van der Waals surface area (Å²) in [5.74, 6) is 0.883. The van der Waals surface area contributed by atoms with Gasteiger partial charge in [0, 0.05) is 16.1 Å². The van der Waals surface area contributed by atoms with Gasteiger partial charge in [-0.2, -0.15) is 0 Å². The Labute approximate surface area is 143 Å². The number of nitrogens with one attached hydrogen (secondary N) is 1. The van der Waals surface area contributed by atoms with Crippen LogP contribution in [0, 0.1) is 0 Å². The third kappa shape index (κ3) is 2.81. The van der Waals surface area contributed by atoms with E-state index in [-0.39, 0.29) is 0 Å². The molecule has 2 aromatic heterocycles. The molecule has 0 atom stereocenters. The highest BCUT2D eigenvalue weighted by Crippen LogP contribution is 2.34. The minimum absolute atomic E-state index is 0.710. The highest BCUT2D eigenvalue weighted by atomic mass is 35.5. The molecule has 0 amide bonds. The van der Waals surface area contributed by atoms with E-state index in [0.29, 0.717) is 5.02 Å². The third-order valence-corrected chi connectivity index (χ3v) is 4.73. The molecule has 0 spiro atoms. The first-order valence-electron chi connectivity index (χ1n) is 7.26. The van der Waals surface area contributed by atoms with Crippen LogP contribution in [-0.2, 0) is 0 Å². The second-order valence-corrected chi connectivity index (χ2v) is 6.55. The number of imidazole rings is 1. The van der Waals surface area contributed by atoms with Crippen molar-refractivity contribution in [1.82, 2.24) is 9.97 Å². The average molecular weight is 337 g/mol. The standard InChI is InChI=1S/C19H13ClN2S/c20-15-9-4-8-14(12-15)18-17(13-6-2-1-3-7-13)21-19(22-18)16-10-5-11-23-16/h1-12H,(H,21,22). The highest BCUT2D eigenvalue weighted by Gasteiger charge is 2.15. The lowest BCUT2D eigenvalue weighted by atomic mass is 10.1. The monoisotopic (exact) mass is 336 g/mol. The zero-order valence-electron chi connectivity index (χ0n) is 12.2. The van der Waals surface area contributed by atoms with Gasteiger partial charge < -0.3 is 4.98 Å². The Morgan fingerprint density at radius 2 is 1.70 bits per heavy atom. The molecule has 1 N–H and O–H groups in total. The molecule has 2 heterocycles. The Morgan fingerprint density at radius 3 is 2.43 bits per heavy atom. The minimum Gasteiger partial charge on any atom is -0.337 e. The molecule has 0 radical (unpaired) electrons. The van der Waals surface area contributed by atoms with Gasteiger partial charge >= 0.3 is 0 Å². The fourth-order valence-electron chi connectivity index (χ4n) is 2.56. The number of nitrogens with zero attached hydrogens (tertiary/aromatic N) is 1. The SMILES string of the molecule is Clc1cccc(-c2nc(-c3cccs3)[nH]c2-c2ccccc2)c1. The Bertz CT molecular complexity index is 927. The van der Waals surface area contributed by atoms with Crippen LogP contribution < -0.4 is 0 Å². The van der Waals surface area contributed by atoms with Gasteiger partial charge in [0.25, 0.3) is 0 Å². The van der Waals surface area contributed by atoms with Crippen molar-refractivity contribution >= 4 is 22.9 Å². The van der Waals surface area contributed by atoms with Crippen LogP contribution in [0.1, 0.15) is 0 Å². The van der Waals surface area contributed by atoms with E-state index in [0.717, 1.165) is 33.2 Å². The number of halogens is 1. The second-order valence-electron chi connectivity index (χ2n) is 5.16. The molecule has 4 rings (SSSR count). The van der Waals surface area contributed by atoms with E-state index in [1.54, 1.807) is 11.3 Å². The normalized spacial score (nSPS) is 10.8. The first-order valence-corrected chi connectivity index (χ1v) is 8.52. The van der Waals surface area contributed by atoms with Gasteiger partial charge in [0.15, 0.2) is 0 Å². The first kappa shape index (κ1) is 14.2. The van der Waals surface area contributed by atoms with Crippen molar-refractivity contribution in [3.63, 3.8) is 0 Å². The van der Waals surface area contributed by atoms with Gasteiger partial charge in [-0.15, -0.1) is 11.3 Å². The molecule has 0 saturated heterocycles. The predicted molar refractivity (Wildman–Crippen MR) is 97.8 cm³/mol. The van der Waals surface area contributed by atoms with Gasteiger partial charge in [0.05, 0.1) is 16.3 Å². The molecule has 0 aliphatic rings. The van der Waals surface area contributed by atoms with Gasteiger partial charge in [-0.1, -0.05) is 60.1 Å². The molecular weight excluding hydrogens is 324 g/mol. The van der Waals surface area contributed by atoms with Crippen molar-refractivity contribution in [3.05, 3.63) is 77.1 Å². The van der Waals surface area contributed by atoms with Crippen LogP contribution in [0.15, 0.2) is 72.1 Å². The molecule has 0 bridgehead atoms.